The highest BCUT2D eigenvalue weighted by molar-refractivity contribution is 5.77. The summed E-state index contributed by atoms with van der Waals surface area (Å²) < 4.78 is 4.81. The van der Waals surface area contributed by atoms with Crippen molar-refractivity contribution in [2.75, 3.05) is 6.54 Å². The molecule has 0 saturated heterocycles. The van der Waals surface area contributed by atoms with E-state index in [1.54, 1.807) is 0 Å². The summed E-state index contributed by atoms with van der Waals surface area (Å²) in [4.78, 5) is 21.5. The zero-order valence-corrected chi connectivity index (χ0v) is 8.79. The Morgan fingerprint density at radius 3 is 3.00 bits per heavy atom. The molecule has 0 aromatic rings. The number of rotatable bonds is 4. The lowest BCUT2D eigenvalue weighted by molar-refractivity contribution is -0.106. The number of hydrogen-bond acceptors (Lipinski definition) is 4. The van der Waals surface area contributed by atoms with E-state index in [4.69, 9.17) is 10.5 Å². The number of nitrogens with two attached hydrogens (primary N) is 1. The number of hydrogen-bond donors (Lipinski definition) is 2. The maximum atomic E-state index is 10.9. The number of carbonyl (C=O) groups excluding carboxylic acids is 2. The summed E-state index contributed by atoms with van der Waals surface area (Å²) in [5.74, 6) is 0. The van der Waals surface area contributed by atoms with Crippen LogP contribution in [0.1, 0.15) is 26.2 Å². The van der Waals surface area contributed by atoms with Crippen molar-refractivity contribution in [2.24, 2.45) is 5.73 Å². The maximum Gasteiger partial charge on any atom is 0.406 e. The normalized spacial score (nSPS) is 21.3. The van der Waals surface area contributed by atoms with Crippen LogP contribution in [0, 0.1) is 0 Å². The van der Waals surface area contributed by atoms with Crippen molar-refractivity contribution in [3.8, 4) is 0 Å². The second-order valence-corrected chi connectivity index (χ2v) is 3.45. The maximum absolute atomic E-state index is 10.9. The number of carbonyl (C=O) groups is 2. The fraction of sp³-hybridized carbons (Fsp3) is 0.600. The summed E-state index contributed by atoms with van der Waals surface area (Å²) in [6, 6.07) is 0. The van der Waals surface area contributed by atoms with Crippen LogP contribution < -0.4 is 11.1 Å². The molecule has 5 heteroatoms. The third-order valence-electron chi connectivity index (χ3n) is 2.36. The zero-order valence-electron chi connectivity index (χ0n) is 8.79. The molecule has 0 radical (unpaired) electrons. The molecular formula is C10H16N2O3. The van der Waals surface area contributed by atoms with Crippen LogP contribution in [0.3, 0.4) is 0 Å². The lowest BCUT2D eigenvalue weighted by Gasteiger charge is -2.26. The van der Waals surface area contributed by atoms with Crippen LogP contribution in [0.5, 0.6) is 0 Å². The minimum Gasteiger partial charge on any atom is -0.426 e. The van der Waals surface area contributed by atoms with Crippen LogP contribution in [-0.4, -0.2) is 25.2 Å². The molecule has 5 nitrogen and oxygen atoms in total. The van der Waals surface area contributed by atoms with Gasteiger partial charge in [-0.2, -0.15) is 0 Å². The van der Waals surface area contributed by atoms with Gasteiger partial charge in [0.1, 0.15) is 0 Å². The standard InChI is InChI=1S/C10H16N2O3/c1-2-3-7-4-5-12-9(8(7)6-13)15-10(11)14/h6,9,12H,2-5H2,1H3,(H2,11,14). The minimum atomic E-state index is -0.871. The van der Waals surface area contributed by atoms with Crippen LogP contribution in [0.4, 0.5) is 4.79 Å². The number of primary amides is 1. The van der Waals surface area contributed by atoms with Crippen molar-refractivity contribution in [1.82, 2.24) is 5.32 Å². The Morgan fingerprint density at radius 1 is 1.73 bits per heavy atom. The van der Waals surface area contributed by atoms with E-state index >= 15 is 0 Å². The van der Waals surface area contributed by atoms with E-state index in [9.17, 15) is 9.59 Å². The quantitative estimate of drug-likeness (QED) is 0.672. The van der Waals surface area contributed by atoms with E-state index in [1.165, 1.54) is 0 Å². The van der Waals surface area contributed by atoms with E-state index in [-0.39, 0.29) is 0 Å². The zero-order chi connectivity index (χ0) is 11.3. The second-order valence-electron chi connectivity index (χ2n) is 3.45. The highest BCUT2D eigenvalue weighted by Crippen LogP contribution is 2.21. The Morgan fingerprint density at radius 2 is 2.47 bits per heavy atom. The van der Waals surface area contributed by atoms with Gasteiger partial charge in [0.25, 0.3) is 0 Å². The van der Waals surface area contributed by atoms with E-state index in [1.807, 2.05) is 6.92 Å². The van der Waals surface area contributed by atoms with Crippen LogP contribution >= 0.6 is 0 Å². The summed E-state index contributed by atoms with van der Waals surface area (Å²) in [5, 5.41) is 2.93. The first-order valence-corrected chi connectivity index (χ1v) is 5.05. The summed E-state index contributed by atoms with van der Waals surface area (Å²) in [6.07, 6.45) is 1.84. The number of ether oxygens (including phenoxy) is 1. The molecule has 0 aromatic carbocycles. The molecule has 84 valence electrons. The molecule has 1 atom stereocenters. The Kier molecular flexibility index (Phi) is 4.30. The SMILES string of the molecule is CCCC1=C(C=O)C(OC(N)=O)NCC1. The van der Waals surface area contributed by atoms with Gasteiger partial charge in [0.05, 0.1) is 0 Å². The first-order valence-electron chi connectivity index (χ1n) is 5.05. The topological polar surface area (TPSA) is 81.4 Å². The number of nitrogens with one attached hydrogen (secondary N) is 1. The Hall–Kier alpha value is -1.36. The van der Waals surface area contributed by atoms with E-state index in [0.717, 1.165) is 31.1 Å². The first kappa shape index (κ1) is 11.7. The van der Waals surface area contributed by atoms with Crippen molar-refractivity contribution in [1.29, 1.82) is 0 Å². The minimum absolute atomic E-state index is 0.516. The Labute approximate surface area is 88.7 Å². The van der Waals surface area contributed by atoms with E-state index in [2.05, 4.69) is 5.32 Å². The fourth-order valence-electron chi connectivity index (χ4n) is 1.73. The van der Waals surface area contributed by atoms with Gasteiger partial charge in [-0.25, -0.2) is 4.79 Å². The summed E-state index contributed by atoms with van der Waals surface area (Å²) in [7, 11) is 0. The predicted molar refractivity (Wildman–Crippen MR) is 55.1 cm³/mol. The Bertz CT molecular complexity index is 286. The monoisotopic (exact) mass is 212 g/mol. The molecule has 0 spiro atoms. The predicted octanol–water partition coefficient (Wildman–Crippen LogP) is 0.697. The summed E-state index contributed by atoms with van der Waals surface area (Å²) >= 11 is 0. The molecule has 0 aromatic heterocycles. The van der Waals surface area contributed by atoms with Gasteiger partial charge in [0.2, 0.25) is 0 Å². The van der Waals surface area contributed by atoms with Crippen molar-refractivity contribution in [3.63, 3.8) is 0 Å². The summed E-state index contributed by atoms with van der Waals surface area (Å²) in [6.45, 7) is 2.74. The Balaban J connectivity index is 2.82. The first-order chi connectivity index (χ1) is 7.19. The van der Waals surface area contributed by atoms with Crippen molar-refractivity contribution >= 4 is 12.4 Å². The van der Waals surface area contributed by atoms with Crippen LogP contribution in [0.2, 0.25) is 0 Å². The average Bonchev–Trinajstić information content (AvgIpc) is 2.18. The smallest absolute Gasteiger partial charge is 0.406 e. The molecule has 0 bridgehead atoms. The average molecular weight is 212 g/mol. The lowest BCUT2D eigenvalue weighted by atomic mass is 9.97. The molecule has 1 rings (SSSR count). The molecule has 1 aliphatic heterocycles. The fourth-order valence-corrected chi connectivity index (χ4v) is 1.73. The molecule has 3 N–H and O–H groups in total. The highest BCUT2D eigenvalue weighted by Gasteiger charge is 2.24. The van der Waals surface area contributed by atoms with E-state index in [0.29, 0.717) is 12.1 Å². The van der Waals surface area contributed by atoms with Gasteiger partial charge in [-0.1, -0.05) is 18.9 Å². The van der Waals surface area contributed by atoms with Gasteiger partial charge >= 0.3 is 6.09 Å². The largest absolute Gasteiger partial charge is 0.426 e. The third kappa shape index (κ3) is 3.06. The lowest BCUT2D eigenvalue weighted by Crippen LogP contribution is -2.41. The molecule has 1 amide bonds. The summed E-state index contributed by atoms with van der Waals surface area (Å²) in [5.41, 5.74) is 6.49. The van der Waals surface area contributed by atoms with E-state index < -0.39 is 12.3 Å². The molecule has 1 heterocycles. The molecule has 1 aliphatic rings. The van der Waals surface area contributed by atoms with Crippen molar-refractivity contribution in [2.45, 2.75) is 32.4 Å². The molecule has 0 aliphatic carbocycles. The third-order valence-corrected chi connectivity index (χ3v) is 2.36. The second kappa shape index (κ2) is 5.50. The van der Waals surface area contributed by atoms with Gasteiger partial charge in [-0.3, -0.25) is 10.1 Å². The van der Waals surface area contributed by atoms with Gasteiger partial charge in [0.15, 0.2) is 12.5 Å². The molecular weight excluding hydrogens is 196 g/mol. The van der Waals surface area contributed by atoms with Gasteiger partial charge < -0.3 is 10.5 Å². The van der Waals surface area contributed by atoms with Gasteiger partial charge in [0, 0.05) is 12.1 Å². The highest BCUT2D eigenvalue weighted by atomic mass is 16.6. The molecule has 0 fully saturated rings. The van der Waals surface area contributed by atoms with Crippen LogP contribution in [-0.2, 0) is 9.53 Å². The van der Waals surface area contributed by atoms with Gasteiger partial charge in [-0.15, -0.1) is 0 Å². The van der Waals surface area contributed by atoms with Crippen molar-refractivity contribution in [3.05, 3.63) is 11.1 Å². The van der Waals surface area contributed by atoms with Gasteiger partial charge in [-0.05, 0) is 12.8 Å². The number of amides is 1. The van der Waals surface area contributed by atoms with Crippen LogP contribution in [0.15, 0.2) is 11.1 Å². The molecule has 1 unspecified atom stereocenters. The number of aldehydes is 1. The molecule has 15 heavy (non-hydrogen) atoms. The molecule has 0 saturated carbocycles. The van der Waals surface area contributed by atoms with Crippen molar-refractivity contribution < 1.29 is 14.3 Å². The van der Waals surface area contributed by atoms with Crippen LogP contribution in [0.25, 0.3) is 0 Å².